The highest BCUT2D eigenvalue weighted by Gasteiger charge is 2.39. The number of nitrogens with zero attached hydrogens (tertiary/aromatic N) is 3. The number of nitrogens with one attached hydrogen (secondary N) is 1. The summed E-state index contributed by atoms with van der Waals surface area (Å²) in [6.45, 7) is 7.66. The molecule has 0 aliphatic carbocycles. The van der Waals surface area contributed by atoms with Gasteiger partial charge in [-0.05, 0) is 74.2 Å². The second-order valence-electron chi connectivity index (χ2n) is 10.0. The average Bonchev–Trinajstić information content (AvgIpc) is 3.10. The van der Waals surface area contributed by atoms with Gasteiger partial charge in [0, 0.05) is 42.6 Å². The van der Waals surface area contributed by atoms with E-state index < -0.39 is 15.9 Å². The third kappa shape index (κ3) is 5.65. The second kappa shape index (κ2) is 10.1. The summed E-state index contributed by atoms with van der Waals surface area (Å²) in [5.41, 5.74) is 1.73. The lowest BCUT2D eigenvalue weighted by molar-refractivity contribution is 0.0981. The van der Waals surface area contributed by atoms with Crippen LogP contribution in [0.2, 0.25) is 5.02 Å². The molecule has 4 rings (SSSR count). The topological polar surface area (TPSA) is 82.6 Å². The van der Waals surface area contributed by atoms with Crippen LogP contribution in [0.4, 0.5) is 11.5 Å². The zero-order valence-corrected chi connectivity index (χ0v) is 22.5. The molecule has 0 saturated carbocycles. The molecular formula is C27H31ClN4O3S. The smallest absolute Gasteiger partial charge is 0.268 e. The van der Waals surface area contributed by atoms with Gasteiger partial charge in [-0.2, -0.15) is 0 Å². The number of halogens is 1. The number of carbonyl (C=O) groups is 1. The Hall–Kier alpha value is -3.10. The van der Waals surface area contributed by atoms with Crippen molar-refractivity contribution in [2.75, 3.05) is 23.4 Å². The summed E-state index contributed by atoms with van der Waals surface area (Å²) < 4.78 is 28.7. The fourth-order valence-electron chi connectivity index (χ4n) is 4.87. The molecule has 190 valence electrons. The average molecular weight is 527 g/mol. The highest BCUT2D eigenvalue weighted by molar-refractivity contribution is 7.90. The molecular weight excluding hydrogens is 496 g/mol. The molecule has 1 saturated heterocycles. The maximum absolute atomic E-state index is 13.2. The minimum absolute atomic E-state index is 0.00635. The number of pyridine rings is 1. The molecule has 0 bridgehead atoms. The molecule has 2 aromatic carbocycles. The van der Waals surface area contributed by atoms with E-state index in [9.17, 15) is 13.2 Å². The predicted molar refractivity (Wildman–Crippen MR) is 144 cm³/mol. The van der Waals surface area contributed by atoms with Gasteiger partial charge in [-0.25, -0.2) is 18.1 Å². The van der Waals surface area contributed by atoms with E-state index in [2.05, 4.69) is 35.4 Å². The minimum Gasteiger partial charge on any atom is -0.370 e. The zero-order valence-electron chi connectivity index (χ0n) is 20.9. The van der Waals surface area contributed by atoms with Crippen LogP contribution in [0.15, 0.2) is 71.8 Å². The van der Waals surface area contributed by atoms with Crippen molar-refractivity contribution in [2.24, 2.45) is 5.92 Å². The Morgan fingerprint density at radius 3 is 2.61 bits per heavy atom. The summed E-state index contributed by atoms with van der Waals surface area (Å²) in [4.78, 5) is 21.7. The Morgan fingerprint density at radius 1 is 1.17 bits per heavy atom. The third-order valence-electron chi connectivity index (χ3n) is 6.46. The predicted octanol–water partition coefficient (Wildman–Crippen LogP) is 5.11. The molecule has 7 nitrogen and oxygen atoms in total. The van der Waals surface area contributed by atoms with Gasteiger partial charge in [-0.15, -0.1) is 0 Å². The number of rotatable bonds is 7. The molecule has 1 aliphatic heterocycles. The molecule has 9 heteroatoms. The number of anilines is 2. The van der Waals surface area contributed by atoms with Gasteiger partial charge in [-0.1, -0.05) is 36.7 Å². The van der Waals surface area contributed by atoms with Crippen molar-refractivity contribution < 1.29 is 13.2 Å². The molecule has 1 aromatic heterocycles. The standard InChI is InChI=1S/C27H31ClN4O3S/c1-19-16-27(2,3)32(17-19)25-24(12-7-13-29-25)26(33)30-36(34,35)23-11-6-10-22(15-23)31(4)18-20-8-5-9-21(28)14-20/h5-15,19H,16-18H2,1-4H3,(H,30,33). The van der Waals surface area contributed by atoms with Gasteiger partial charge in [0.1, 0.15) is 5.82 Å². The number of benzene rings is 2. The van der Waals surface area contributed by atoms with Crippen molar-refractivity contribution in [3.8, 4) is 0 Å². The summed E-state index contributed by atoms with van der Waals surface area (Å²) in [6.07, 6.45) is 2.58. The van der Waals surface area contributed by atoms with Gasteiger partial charge in [0.15, 0.2) is 0 Å². The van der Waals surface area contributed by atoms with Crippen molar-refractivity contribution in [3.05, 3.63) is 83.0 Å². The minimum atomic E-state index is -4.12. The number of aromatic nitrogens is 1. The van der Waals surface area contributed by atoms with E-state index in [0.717, 1.165) is 18.5 Å². The molecule has 3 aromatic rings. The van der Waals surface area contributed by atoms with Gasteiger partial charge in [0.05, 0.1) is 10.5 Å². The van der Waals surface area contributed by atoms with Crippen LogP contribution in [0.25, 0.3) is 0 Å². The van der Waals surface area contributed by atoms with E-state index in [1.54, 1.807) is 36.5 Å². The molecule has 1 unspecified atom stereocenters. The van der Waals surface area contributed by atoms with Gasteiger partial charge in [0.25, 0.3) is 15.9 Å². The quantitative estimate of drug-likeness (QED) is 0.460. The lowest BCUT2D eigenvalue weighted by Crippen LogP contribution is -2.41. The van der Waals surface area contributed by atoms with E-state index >= 15 is 0 Å². The van der Waals surface area contributed by atoms with Crippen LogP contribution in [0.3, 0.4) is 0 Å². The van der Waals surface area contributed by atoms with Gasteiger partial charge >= 0.3 is 0 Å². The summed E-state index contributed by atoms with van der Waals surface area (Å²) in [5.74, 6) is 0.231. The molecule has 1 aliphatic rings. The molecule has 1 fully saturated rings. The highest BCUT2D eigenvalue weighted by atomic mass is 35.5. The molecule has 36 heavy (non-hydrogen) atoms. The van der Waals surface area contributed by atoms with Gasteiger partial charge in [0.2, 0.25) is 0 Å². The van der Waals surface area contributed by atoms with Crippen molar-refractivity contribution in [1.82, 2.24) is 9.71 Å². The summed E-state index contributed by atoms with van der Waals surface area (Å²) >= 11 is 6.09. The van der Waals surface area contributed by atoms with E-state index in [4.69, 9.17) is 11.6 Å². The van der Waals surface area contributed by atoms with Crippen LogP contribution in [0.1, 0.15) is 43.1 Å². The Kier molecular flexibility index (Phi) is 7.29. The number of hydrogen-bond acceptors (Lipinski definition) is 6. The van der Waals surface area contributed by atoms with Gasteiger partial charge in [-0.3, -0.25) is 4.79 Å². The second-order valence-corrected chi connectivity index (χ2v) is 12.1. The first kappa shape index (κ1) is 26.0. The largest absolute Gasteiger partial charge is 0.370 e. The lowest BCUT2D eigenvalue weighted by atomic mass is 9.97. The van der Waals surface area contributed by atoms with Crippen molar-refractivity contribution in [1.29, 1.82) is 0 Å². The van der Waals surface area contributed by atoms with Gasteiger partial charge < -0.3 is 9.80 Å². The highest BCUT2D eigenvalue weighted by Crippen LogP contribution is 2.37. The fraction of sp³-hybridized carbons (Fsp3) is 0.333. The molecule has 1 atom stereocenters. The van der Waals surface area contributed by atoms with E-state index in [1.807, 2.05) is 36.2 Å². The monoisotopic (exact) mass is 526 g/mol. The lowest BCUT2D eigenvalue weighted by Gasteiger charge is -2.33. The first-order valence-electron chi connectivity index (χ1n) is 11.8. The van der Waals surface area contributed by atoms with E-state index in [1.165, 1.54) is 6.07 Å². The SMILES string of the molecule is CC1CN(c2ncccc2C(=O)NS(=O)(=O)c2cccc(N(C)Cc3cccc(Cl)c3)c2)C(C)(C)C1. The maximum atomic E-state index is 13.2. The van der Waals surface area contributed by atoms with Crippen LogP contribution in [0.5, 0.6) is 0 Å². The molecule has 1 N–H and O–H groups in total. The van der Waals surface area contributed by atoms with Crippen LogP contribution in [0, 0.1) is 5.92 Å². The number of sulfonamides is 1. The summed E-state index contributed by atoms with van der Waals surface area (Å²) in [5, 5.41) is 0.640. The summed E-state index contributed by atoms with van der Waals surface area (Å²) in [6, 6.07) is 17.3. The first-order valence-corrected chi connectivity index (χ1v) is 13.7. The molecule has 0 radical (unpaired) electrons. The van der Waals surface area contributed by atoms with Crippen LogP contribution in [-0.2, 0) is 16.6 Å². The Labute approximate surface area is 218 Å². The number of hydrogen-bond donors (Lipinski definition) is 1. The fourth-order valence-corrected chi connectivity index (χ4v) is 6.09. The Bertz CT molecular complexity index is 1380. The molecule has 1 amide bonds. The molecule has 0 spiro atoms. The molecule has 2 heterocycles. The number of amides is 1. The van der Waals surface area contributed by atoms with Crippen LogP contribution < -0.4 is 14.5 Å². The Balaban J connectivity index is 1.55. The van der Waals surface area contributed by atoms with Crippen molar-refractivity contribution in [3.63, 3.8) is 0 Å². The van der Waals surface area contributed by atoms with Crippen LogP contribution >= 0.6 is 11.6 Å². The first-order chi connectivity index (χ1) is 17.0. The maximum Gasteiger partial charge on any atom is 0.268 e. The zero-order chi connectivity index (χ0) is 26.1. The van der Waals surface area contributed by atoms with E-state index in [0.29, 0.717) is 29.0 Å². The Morgan fingerprint density at radius 2 is 1.92 bits per heavy atom. The third-order valence-corrected chi connectivity index (χ3v) is 8.03. The summed E-state index contributed by atoms with van der Waals surface area (Å²) in [7, 11) is -2.25. The number of carbonyl (C=O) groups excluding carboxylic acids is 1. The van der Waals surface area contributed by atoms with Crippen molar-refractivity contribution >= 4 is 39.0 Å². The van der Waals surface area contributed by atoms with Crippen molar-refractivity contribution in [2.45, 2.75) is 44.2 Å². The van der Waals surface area contributed by atoms with E-state index in [-0.39, 0.29) is 16.0 Å². The normalized spacial score (nSPS) is 17.1. The van der Waals surface area contributed by atoms with Crippen LogP contribution in [-0.4, -0.2) is 38.4 Å².